The normalized spacial score (nSPS) is 11.3. The molecule has 0 saturated carbocycles. The third-order valence-corrected chi connectivity index (χ3v) is 7.81. The summed E-state index contributed by atoms with van der Waals surface area (Å²) in [7, 11) is 3.98. The first-order valence-corrected chi connectivity index (χ1v) is 10.8. The molecule has 0 saturated heterocycles. The average Bonchev–Trinajstić information content (AvgIpc) is 2.85. The quantitative estimate of drug-likeness (QED) is 0.437. The molecule has 3 rings (SSSR count). The molecule has 0 bridgehead atoms. The van der Waals surface area contributed by atoms with Crippen molar-refractivity contribution in [1.29, 1.82) is 0 Å². The molecule has 26 heavy (non-hydrogen) atoms. The molecule has 2 aromatic carbocycles. The second-order valence-electron chi connectivity index (χ2n) is 5.76. The summed E-state index contributed by atoms with van der Waals surface area (Å²) in [6.07, 6.45) is 0. The molecule has 0 aliphatic rings. The number of fused-ring (bicyclic) bond motifs is 1. The Bertz CT molecular complexity index is 941. The van der Waals surface area contributed by atoms with E-state index in [0.29, 0.717) is 0 Å². The van der Waals surface area contributed by atoms with Gasteiger partial charge in [-0.2, -0.15) is 0 Å². The Balaban J connectivity index is 2.21. The molecule has 3 aromatic rings. The second kappa shape index (κ2) is 7.45. The standard InChI is InChI=1S/C19H20IN2O4/c1-13(23)25-20(26-14(2)24)16-10-6-5-9-15(16)19-21(3)17-11-7-8-12-18(17)22(19)4/h5-12H,1-4H3/q+1. The molecular weight excluding hydrogens is 447 g/mol. The molecule has 0 radical (unpaired) electrons. The average molecular weight is 467 g/mol. The Morgan fingerprint density at radius 3 is 2.15 bits per heavy atom. The monoisotopic (exact) mass is 467 g/mol. The summed E-state index contributed by atoms with van der Waals surface area (Å²) >= 11 is -2.94. The maximum atomic E-state index is 11.5. The number of carbonyl (C=O) groups excluding carboxylic acids is 2. The van der Waals surface area contributed by atoms with Gasteiger partial charge in [0.1, 0.15) is 0 Å². The van der Waals surface area contributed by atoms with E-state index in [9.17, 15) is 9.59 Å². The summed E-state index contributed by atoms with van der Waals surface area (Å²) in [4.78, 5) is 23.1. The predicted octanol–water partition coefficient (Wildman–Crippen LogP) is 3.30. The van der Waals surface area contributed by atoms with Gasteiger partial charge < -0.3 is 0 Å². The molecule has 0 aliphatic carbocycles. The molecule has 0 aliphatic heterocycles. The number of hydrogen-bond acceptors (Lipinski definition) is 4. The van der Waals surface area contributed by atoms with Crippen molar-refractivity contribution < 1.29 is 20.3 Å². The number of rotatable bonds is 4. The Kier molecular flexibility index (Phi) is 5.26. The van der Waals surface area contributed by atoms with Crippen LogP contribution in [0.4, 0.5) is 0 Å². The summed E-state index contributed by atoms with van der Waals surface area (Å²) in [6.45, 7) is 2.65. The Morgan fingerprint density at radius 2 is 1.54 bits per heavy atom. The molecule has 0 fully saturated rings. The number of aryl methyl sites for hydroxylation is 2. The van der Waals surface area contributed by atoms with E-state index in [-0.39, 0.29) is 0 Å². The molecule has 0 spiro atoms. The minimum atomic E-state index is -2.94. The van der Waals surface area contributed by atoms with Crippen LogP contribution in [0.1, 0.15) is 13.8 Å². The van der Waals surface area contributed by atoms with Crippen LogP contribution < -0.4 is 4.57 Å². The van der Waals surface area contributed by atoms with Crippen molar-refractivity contribution in [1.82, 2.24) is 4.57 Å². The molecule has 1 aromatic heterocycles. The van der Waals surface area contributed by atoms with E-state index in [0.717, 1.165) is 26.0 Å². The van der Waals surface area contributed by atoms with Gasteiger partial charge in [0.2, 0.25) is 0 Å². The summed E-state index contributed by atoms with van der Waals surface area (Å²) in [5, 5.41) is 0. The van der Waals surface area contributed by atoms with E-state index in [1.807, 2.05) is 50.5 Å². The number of para-hydroxylation sites is 2. The minimum absolute atomic E-state index is 0.451. The Morgan fingerprint density at radius 1 is 0.962 bits per heavy atom. The van der Waals surface area contributed by atoms with Gasteiger partial charge in [-0.15, -0.1) is 0 Å². The van der Waals surface area contributed by atoms with Crippen molar-refractivity contribution >= 4 is 43.6 Å². The van der Waals surface area contributed by atoms with Crippen molar-refractivity contribution in [3.05, 3.63) is 52.1 Å². The van der Waals surface area contributed by atoms with Gasteiger partial charge in [-0.1, -0.05) is 0 Å². The zero-order valence-corrected chi connectivity index (χ0v) is 17.2. The molecule has 0 amide bonds. The fourth-order valence-electron chi connectivity index (χ4n) is 2.92. The molecule has 7 heteroatoms. The van der Waals surface area contributed by atoms with Crippen molar-refractivity contribution in [3.8, 4) is 11.4 Å². The number of imidazole rings is 1. The molecule has 0 atom stereocenters. The molecule has 0 N–H and O–H groups in total. The molecule has 1 heterocycles. The number of hydrogen-bond donors (Lipinski definition) is 0. The third kappa shape index (κ3) is 3.44. The summed E-state index contributed by atoms with van der Waals surface area (Å²) in [6, 6.07) is 15.7. The fraction of sp³-hybridized carbons (Fsp3) is 0.211. The van der Waals surface area contributed by atoms with Gasteiger partial charge in [0.15, 0.2) is 0 Å². The van der Waals surface area contributed by atoms with Gasteiger partial charge in [-0.05, 0) is 0 Å². The number of aromatic nitrogens is 2. The summed E-state index contributed by atoms with van der Waals surface area (Å²) in [5.41, 5.74) is 3.06. The van der Waals surface area contributed by atoms with E-state index in [1.165, 1.54) is 13.8 Å². The number of benzene rings is 2. The van der Waals surface area contributed by atoms with Crippen LogP contribution in [-0.4, -0.2) is 16.5 Å². The van der Waals surface area contributed by atoms with Crippen LogP contribution in [0.15, 0.2) is 48.5 Å². The maximum absolute atomic E-state index is 11.5. The molecule has 136 valence electrons. The van der Waals surface area contributed by atoms with Crippen molar-refractivity contribution in [2.45, 2.75) is 13.8 Å². The van der Waals surface area contributed by atoms with E-state index >= 15 is 0 Å². The van der Waals surface area contributed by atoms with Gasteiger partial charge in [-0.3, -0.25) is 0 Å². The van der Waals surface area contributed by atoms with Crippen molar-refractivity contribution in [3.63, 3.8) is 0 Å². The summed E-state index contributed by atoms with van der Waals surface area (Å²) < 4.78 is 15.8. The van der Waals surface area contributed by atoms with Crippen LogP contribution >= 0.6 is 20.6 Å². The number of nitrogens with zero attached hydrogens (tertiary/aromatic N) is 2. The van der Waals surface area contributed by atoms with Crippen LogP contribution in [0.2, 0.25) is 0 Å². The fourth-order valence-corrected chi connectivity index (χ4v) is 6.01. The third-order valence-electron chi connectivity index (χ3n) is 3.88. The second-order valence-corrected chi connectivity index (χ2v) is 9.05. The van der Waals surface area contributed by atoms with Gasteiger partial charge >= 0.3 is 160 Å². The van der Waals surface area contributed by atoms with Gasteiger partial charge in [-0.25, -0.2) is 0 Å². The SMILES string of the molecule is CC(=O)OI(OC(C)=O)c1ccccc1-c1n(C)c2ccccc2[n+]1C. The van der Waals surface area contributed by atoms with Crippen LogP contribution in [-0.2, 0) is 29.8 Å². The van der Waals surface area contributed by atoms with E-state index < -0.39 is 32.6 Å². The number of carbonyl (C=O) groups is 2. The van der Waals surface area contributed by atoms with Crippen molar-refractivity contribution in [2.24, 2.45) is 14.1 Å². The first-order chi connectivity index (χ1) is 12.4. The zero-order chi connectivity index (χ0) is 18.8. The van der Waals surface area contributed by atoms with E-state index in [2.05, 4.69) is 21.3 Å². The van der Waals surface area contributed by atoms with E-state index in [4.69, 9.17) is 6.13 Å². The van der Waals surface area contributed by atoms with Crippen LogP contribution in [0.3, 0.4) is 0 Å². The molecular formula is C19H20IN2O4+. The summed E-state index contributed by atoms with van der Waals surface area (Å²) in [5.74, 6) is 0.0451. The Hall–Kier alpha value is -2.42. The topological polar surface area (TPSA) is 61.4 Å². The Labute approximate surface area is 159 Å². The molecule has 6 nitrogen and oxygen atoms in total. The van der Waals surface area contributed by atoms with Gasteiger partial charge in [0, 0.05) is 0 Å². The van der Waals surface area contributed by atoms with Crippen LogP contribution in [0.25, 0.3) is 22.4 Å². The number of halogens is 1. The van der Waals surface area contributed by atoms with Crippen LogP contribution in [0.5, 0.6) is 0 Å². The van der Waals surface area contributed by atoms with Gasteiger partial charge in [0.05, 0.1) is 0 Å². The first kappa shape index (κ1) is 18.4. The van der Waals surface area contributed by atoms with Crippen LogP contribution in [0, 0.1) is 3.57 Å². The van der Waals surface area contributed by atoms with E-state index in [1.54, 1.807) is 0 Å². The first-order valence-electron chi connectivity index (χ1n) is 8.01. The van der Waals surface area contributed by atoms with Crippen molar-refractivity contribution in [2.75, 3.05) is 0 Å². The zero-order valence-electron chi connectivity index (χ0n) is 15.0. The predicted molar refractivity (Wildman–Crippen MR) is 106 cm³/mol. The van der Waals surface area contributed by atoms with Gasteiger partial charge in [0.25, 0.3) is 0 Å². The molecule has 0 unspecified atom stereocenters.